The fourth-order valence-electron chi connectivity index (χ4n) is 4.14. The summed E-state index contributed by atoms with van der Waals surface area (Å²) in [4.78, 5) is 12.9. The van der Waals surface area contributed by atoms with E-state index in [9.17, 15) is 9.00 Å². The first-order chi connectivity index (χ1) is 14.0. The Kier molecular flexibility index (Phi) is 4.96. The number of benzene rings is 2. The van der Waals surface area contributed by atoms with Gasteiger partial charge in [-0.25, -0.2) is 13.7 Å². The summed E-state index contributed by atoms with van der Waals surface area (Å²) in [5, 5.41) is 20.8. The van der Waals surface area contributed by atoms with Crippen LogP contribution in [0.1, 0.15) is 40.7 Å². The molecule has 2 aromatic carbocycles. The number of nitrogens with one attached hydrogen (secondary N) is 2. The molecule has 1 atom stereocenters. The zero-order valence-electron chi connectivity index (χ0n) is 15.7. The van der Waals surface area contributed by atoms with Crippen LogP contribution in [0.3, 0.4) is 0 Å². The number of aryl methyl sites for hydroxylation is 2. The predicted octanol–water partition coefficient (Wildman–Crippen LogP) is 3.58. The monoisotopic (exact) mass is 405 g/mol. The number of hydrogen-bond donors (Lipinski definition) is 2. The summed E-state index contributed by atoms with van der Waals surface area (Å²) >= 11 is 0. The molecular weight excluding hydrogens is 386 g/mol. The minimum atomic E-state index is -3.50. The summed E-state index contributed by atoms with van der Waals surface area (Å²) < 4.78 is 19.1. The summed E-state index contributed by atoms with van der Waals surface area (Å²) in [5.41, 5.74) is 6.06. The van der Waals surface area contributed by atoms with Crippen LogP contribution in [0.15, 0.2) is 39.6 Å². The summed E-state index contributed by atoms with van der Waals surface area (Å²) in [7, 11) is -3.50. The van der Waals surface area contributed by atoms with Crippen molar-refractivity contribution in [2.45, 2.75) is 43.4 Å². The van der Waals surface area contributed by atoms with Gasteiger partial charge in [0.2, 0.25) is 6.19 Å². The Morgan fingerprint density at radius 2 is 1.62 bits per heavy atom. The highest BCUT2D eigenvalue weighted by atomic mass is 32.2. The van der Waals surface area contributed by atoms with Gasteiger partial charge in [-0.15, -0.1) is 0 Å². The largest absolute Gasteiger partial charge is 0.331 e. The molecular formula is C21H19N5O2S. The lowest BCUT2D eigenvalue weighted by atomic mass is 9.99. The van der Waals surface area contributed by atoms with Crippen molar-refractivity contribution < 1.29 is 9.00 Å². The standard InChI is InChI=1S/C21H19N5O2S/c22-12-14-7-9-17(10-8-14)29(28,24-13-23)26-21(27)25-20-18-5-1-3-15(18)11-16-4-2-6-19(16)20/h7-11H,1-6H2,(H2,24,25,26,27,28). The van der Waals surface area contributed by atoms with Crippen LogP contribution < -0.4 is 10.0 Å². The second kappa shape index (κ2) is 7.57. The first-order valence-electron chi connectivity index (χ1n) is 9.45. The number of anilines is 1. The fraction of sp³-hybridized carbons (Fsp3) is 0.286. The zero-order valence-corrected chi connectivity index (χ0v) is 16.5. The van der Waals surface area contributed by atoms with E-state index < -0.39 is 15.9 Å². The molecule has 0 saturated heterocycles. The van der Waals surface area contributed by atoms with Crippen molar-refractivity contribution >= 4 is 21.6 Å². The maximum absolute atomic E-state index is 13.2. The molecule has 0 aromatic heterocycles. The average molecular weight is 405 g/mol. The molecule has 0 radical (unpaired) electrons. The minimum Gasteiger partial charge on any atom is -0.307 e. The van der Waals surface area contributed by atoms with Gasteiger partial charge in [-0.05, 0) is 85.0 Å². The molecule has 0 fully saturated rings. The van der Waals surface area contributed by atoms with E-state index in [4.69, 9.17) is 10.5 Å². The summed E-state index contributed by atoms with van der Waals surface area (Å²) in [6.45, 7) is 0. The van der Waals surface area contributed by atoms with Crippen LogP contribution in [0, 0.1) is 22.8 Å². The van der Waals surface area contributed by atoms with E-state index in [0.717, 1.165) is 55.3 Å². The van der Waals surface area contributed by atoms with Gasteiger partial charge in [0.25, 0.3) is 0 Å². The number of rotatable bonds is 3. The highest BCUT2D eigenvalue weighted by Gasteiger charge is 2.26. The minimum absolute atomic E-state index is 0.164. The number of hydrogen-bond acceptors (Lipinski definition) is 5. The van der Waals surface area contributed by atoms with E-state index in [-0.39, 0.29) is 4.90 Å². The number of amides is 2. The van der Waals surface area contributed by atoms with Crippen LogP contribution in [-0.2, 0) is 35.6 Å². The van der Waals surface area contributed by atoms with Crippen LogP contribution in [-0.4, -0.2) is 10.2 Å². The van der Waals surface area contributed by atoms with Gasteiger partial charge in [0.05, 0.1) is 16.5 Å². The van der Waals surface area contributed by atoms with Crippen LogP contribution >= 0.6 is 0 Å². The molecule has 0 spiro atoms. The number of carbonyl (C=O) groups is 1. The van der Waals surface area contributed by atoms with Crippen molar-refractivity contribution in [3.05, 3.63) is 58.1 Å². The maximum atomic E-state index is 13.2. The van der Waals surface area contributed by atoms with Crippen molar-refractivity contribution in [1.82, 2.24) is 4.72 Å². The molecule has 0 saturated carbocycles. The molecule has 0 heterocycles. The Labute approximate surface area is 169 Å². The van der Waals surface area contributed by atoms with E-state index in [0.29, 0.717) is 5.56 Å². The van der Waals surface area contributed by atoms with E-state index >= 15 is 0 Å². The molecule has 8 heteroatoms. The Bertz CT molecular complexity index is 1160. The molecule has 29 heavy (non-hydrogen) atoms. The van der Waals surface area contributed by atoms with Gasteiger partial charge in [-0.3, -0.25) is 0 Å². The van der Waals surface area contributed by atoms with Crippen LogP contribution in [0.4, 0.5) is 10.5 Å². The van der Waals surface area contributed by atoms with Gasteiger partial charge in [0.1, 0.15) is 0 Å². The molecule has 7 nitrogen and oxygen atoms in total. The van der Waals surface area contributed by atoms with E-state index in [2.05, 4.69) is 20.5 Å². The number of carbonyl (C=O) groups excluding carboxylic acids is 1. The number of fused-ring (bicyclic) bond motifs is 2. The van der Waals surface area contributed by atoms with Crippen molar-refractivity contribution in [2.24, 2.45) is 4.36 Å². The summed E-state index contributed by atoms with van der Waals surface area (Å²) in [5.74, 6) is 0. The van der Waals surface area contributed by atoms with Gasteiger partial charge in [-0.2, -0.15) is 10.5 Å². The highest BCUT2D eigenvalue weighted by Crippen LogP contribution is 2.38. The van der Waals surface area contributed by atoms with Gasteiger partial charge >= 0.3 is 6.03 Å². The summed E-state index contributed by atoms with van der Waals surface area (Å²) in [6.07, 6.45) is 7.47. The number of nitriles is 2. The second-order valence-corrected chi connectivity index (χ2v) is 9.05. The topological polar surface area (TPSA) is 118 Å². The first-order valence-corrected chi connectivity index (χ1v) is 11.0. The quantitative estimate of drug-likeness (QED) is 0.759. The second-order valence-electron chi connectivity index (χ2n) is 7.14. The van der Waals surface area contributed by atoms with E-state index in [1.165, 1.54) is 41.6 Å². The van der Waals surface area contributed by atoms with Crippen molar-refractivity contribution in [1.29, 1.82) is 10.5 Å². The van der Waals surface area contributed by atoms with E-state index in [1.54, 1.807) is 0 Å². The lowest BCUT2D eigenvalue weighted by Crippen LogP contribution is -2.34. The molecule has 146 valence electrons. The molecule has 2 aliphatic rings. The van der Waals surface area contributed by atoms with Crippen molar-refractivity contribution in [3.8, 4) is 12.3 Å². The Morgan fingerprint density at radius 1 is 1.00 bits per heavy atom. The lowest BCUT2D eigenvalue weighted by molar-refractivity contribution is 0.256. The summed E-state index contributed by atoms with van der Waals surface area (Å²) in [6, 6.07) is 9.38. The molecule has 1 unspecified atom stereocenters. The normalized spacial score (nSPS) is 15.9. The van der Waals surface area contributed by atoms with Gasteiger partial charge in [0, 0.05) is 5.69 Å². The predicted molar refractivity (Wildman–Crippen MR) is 108 cm³/mol. The number of urea groups is 1. The average Bonchev–Trinajstić information content (AvgIpc) is 3.37. The highest BCUT2D eigenvalue weighted by molar-refractivity contribution is 7.92. The third kappa shape index (κ3) is 3.55. The SMILES string of the molecule is N#CN=S(=O)(NC(=O)Nc1c2c(cc3c1CCC3)CCC2)c1ccc(C#N)cc1. The molecule has 2 aliphatic carbocycles. The smallest absolute Gasteiger partial charge is 0.307 e. The first kappa shape index (κ1) is 19.0. The maximum Gasteiger partial charge on any atom is 0.331 e. The third-order valence-corrected chi connectivity index (χ3v) is 7.13. The molecule has 2 N–H and O–H groups in total. The lowest BCUT2D eigenvalue weighted by Gasteiger charge is -2.17. The van der Waals surface area contributed by atoms with Crippen LogP contribution in [0.2, 0.25) is 0 Å². The van der Waals surface area contributed by atoms with Crippen molar-refractivity contribution in [2.75, 3.05) is 5.32 Å². The van der Waals surface area contributed by atoms with E-state index in [1.807, 2.05) is 6.07 Å². The molecule has 0 bridgehead atoms. The van der Waals surface area contributed by atoms with Crippen LogP contribution in [0.5, 0.6) is 0 Å². The molecule has 2 amide bonds. The van der Waals surface area contributed by atoms with Gasteiger partial charge < -0.3 is 5.32 Å². The molecule has 2 aromatic rings. The Balaban J connectivity index is 1.64. The zero-order chi connectivity index (χ0) is 20.4. The van der Waals surface area contributed by atoms with Crippen LogP contribution in [0.25, 0.3) is 0 Å². The Hall–Kier alpha value is -3.36. The molecule has 4 rings (SSSR count). The third-order valence-electron chi connectivity index (χ3n) is 5.41. The van der Waals surface area contributed by atoms with Gasteiger partial charge in [-0.1, -0.05) is 10.4 Å². The Morgan fingerprint density at radius 3 is 2.17 bits per heavy atom. The fourth-order valence-corrected chi connectivity index (χ4v) is 5.33. The molecule has 0 aliphatic heterocycles. The number of nitrogens with zero attached hydrogens (tertiary/aromatic N) is 3. The van der Waals surface area contributed by atoms with Gasteiger partial charge in [0.15, 0.2) is 9.92 Å². The van der Waals surface area contributed by atoms with Crippen molar-refractivity contribution in [3.63, 3.8) is 0 Å².